The number of carbonyl (C=O) groups excluding carboxylic acids is 2. The standard InChI is InChI=1S/C31H29N3O4/c1-3-37-26-16-19-13-14-34-29(24(19)17-27(26)38-4-2)28(22-10-6-7-11-23(22)31(34)36)30(35)33-21-15-20-9-5-8-12-25(20)32-18-21/h5-12,15-18,28-29H,3-4,13-14H2,1-2H3,(H,33,35)/t28-,29-/m0/s1. The molecule has 7 heteroatoms. The zero-order valence-corrected chi connectivity index (χ0v) is 21.4. The molecular weight excluding hydrogens is 478 g/mol. The zero-order valence-electron chi connectivity index (χ0n) is 21.4. The minimum Gasteiger partial charge on any atom is -0.490 e. The fourth-order valence-electron chi connectivity index (χ4n) is 5.71. The third-order valence-corrected chi connectivity index (χ3v) is 7.33. The SMILES string of the molecule is CCOc1cc2c(cc1OCC)[C@H]1[C@@H](C(=O)Nc3cnc4ccccc4c3)c3ccccc3C(=O)N1CC2. The fraction of sp³-hybridized carbons (Fsp3) is 0.258. The summed E-state index contributed by atoms with van der Waals surface area (Å²) in [5.41, 5.74) is 4.76. The highest BCUT2D eigenvalue weighted by Gasteiger charge is 2.46. The van der Waals surface area contributed by atoms with E-state index in [4.69, 9.17) is 9.47 Å². The molecule has 6 rings (SSSR count). The molecule has 0 fully saturated rings. The van der Waals surface area contributed by atoms with Crippen molar-refractivity contribution in [3.8, 4) is 11.5 Å². The molecule has 0 bridgehead atoms. The van der Waals surface area contributed by atoms with Gasteiger partial charge in [-0.1, -0.05) is 36.4 Å². The summed E-state index contributed by atoms with van der Waals surface area (Å²) in [6, 6.07) is 20.6. The first-order valence-electron chi connectivity index (χ1n) is 13.1. The summed E-state index contributed by atoms with van der Waals surface area (Å²) in [7, 11) is 0. The van der Waals surface area contributed by atoms with E-state index in [9.17, 15) is 9.59 Å². The van der Waals surface area contributed by atoms with E-state index < -0.39 is 12.0 Å². The Balaban J connectivity index is 1.46. The normalized spacial score (nSPS) is 17.8. The van der Waals surface area contributed by atoms with Gasteiger partial charge in [0.1, 0.15) is 0 Å². The van der Waals surface area contributed by atoms with Crippen LogP contribution in [0.4, 0.5) is 5.69 Å². The summed E-state index contributed by atoms with van der Waals surface area (Å²) in [5, 5.41) is 4.04. The minimum atomic E-state index is -0.609. The Kier molecular flexibility index (Phi) is 6.19. The van der Waals surface area contributed by atoms with Crippen LogP contribution < -0.4 is 14.8 Å². The molecule has 0 radical (unpaired) electrons. The Morgan fingerprint density at radius 2 is 1.71 bits per heavy atom. The maximum Gasteiger partial charge on any atom is 0.254 e. The number of nitrogens with one attached hydrogen (secondary N) is 1. The second kappa shape index (κ2) is 9.82. The van der Waals surface area contributed by atoms with Crippen LogP contribution in [0.25, 0.3) is 10.9 Å². The van der Waals surface area contributed by atoms with Crippen LogP contribution in [0, 0.1) is 0 Å². The summed E-state index contributed by atoms with van der Waals surface area (Å²) < 4.78 is 11.8. The van der Waals surface area contributed by atoms with Crippen molar-refractivity contribution in [2.75, 3.05) is 25.1 Å². The highest BCUT2D eigenvalue weighted by Crippen LogP contribution is 2.48. The van der Waals surface area contributed by atoms with Crippen molar-refractivity contribution in [1.29, 1.82) is 0 Å². The van der Waals surface area contributed by atoms with Crippen molar-refractivity contribution in [2.24, 2.45) is 0 Å². The highest BCUT2D eigenvalue weighted by molar-refractivity contribution is 6.05. The molecule has 0 aliphatic carbocycles. The Morgan fingerprint density at radius 1 is 0.974 bits per heavy atom. The molecule has 7 nitrogen and oxygen atoms in total. The van der Waals surface area contributed by atoms with Gasteiger partial charge in [-0.25, -0.2) is 0 Å². The van der Waals surface area contributed by atoms with Crippen molar-refractivity contribution in [3.05, 3.63) is 95.2 Å². The number of aromatic nitrogens is 1. The lowest BCUT2D eigenvalue weighted by molar-refractivity contribution is -0.119. The molecule has 4 aromatic rings. The predicted molar refractivity (Wildman–Crippen MR) is 146 cm³/mol. The third kappa shape index (κ3) is 4.04. The lowest BCUT2D eigenvalue weighted by Crippen LogP contribution is -2.49. The van der Waals surface area contributed by atoms with E-state index in [-0.39, 0.29) is 11.8 Å². The monoisotopic (exact) mass is 507 g/mol. The van der Waals surface area contributed by atoms with Gasteiger partial charge in [0.25, 0.3) is 5.91 Å². The van der Waals surface area contributed by atoms with Crippen molar-refractivity contribution in [2.45, 2.75) is 32.2 Å². The number of benzene rings is 3. The minimum absolute atomic E-state index is 0.0560. The van der Waals surface area contributed by atoms with Crippen molar-refractivity contribution in [3.63, 3.8) is 0 Å². The van der Waals surface area contributed by atoms with Crippen LogP contribution in [0.2, 0.25) is 0 Å². The number of hydrogen-bond donors (Lipinski definition) is 1. The highest BCUT2D eigenvalue weighted by atomic mass is 16.5. The Labute approximate surface area is 221 Å². The number of ether oxygens (including phenoxy) is 2. The summed E-state index contributed by atoms with van der Waals surface area (Å²) in [6.45, 7) is 5.38. The first-order valence-corrected chi connectivity index (χ1v) is 13.1. The molecular formula is C31H29N3O4. The average Bonchev–Trinajstić information content (AvgIpc) is 2.94. The van der Waals surface area contributed by atoms with Gasteiger partial charge in [-0.05, 0) is 67.3 Å². The van der Waals surface area contributed by atoms with Crippen molar-refractivity contribution in [1.82, 2.24) is 9.88 Å². The first-order chi connectivity index (χ1) is 18.6. The van der Waals surface area contributed by atoms with Crippen molar-refractivity contribution >= 4 is 28.4 Å². The molecule has 2 aliphatic heterocycles. The molecule has 3 aromatic carbocycles. The van der Waals surface area contributed by atoms with Gasteiger partial charge in [-0.3, -0.25) is 14.6 Å². The van der Waals surface area contributed by atoms with E-state index in [1.807, 2.05) is 85.5 Å². The number of rotatable bonds is 6. The van der Waals surface area contributed by atoms with E-state index >= 15 is 0 Å². The number of para-hydroxylation sites is 1. The largest absolute Gasteiger partial charge is 0.490 e. The van der Waals surface area contributed by atoms with Crippen LogP contribution >= 0.6 is 0 Å². The van der Waals surface area contributed by atoms with Gasteiger partial charge in [0.15, 0.2) is 11.5 Å². The number of amides is 2. The molecule has 2 amide bonds. The van der Waals surface area contributed by atoms with Gasteiger partial charge >= 0.3 is 0 Å². The lowest BCUT2D eigenvalue weighted by Gasteiger charge is -2.45. The van der Waals surface area contributed by atoms with Crippen LogP contribution in [-0.2, 0) is 11.2 Å². The molecule has 3 heterocycles. The summed E-state index contributed by atoms with van der Waals surface area (Å²) in [4.78, 5) is 34.1. The van der Waals surface area contributed by atoms with Gasteiger partial charge in [0.05, 0.1) is 42.6 Å². The third-order valence-electron chi connectivity index (χ3n) is 7.33. The molecule has 1 aromatic heterocycles. The fourth-order valence-corrected chi connectivity index (χ4v) is 5.71. The summed E-state index contributed by atoms with van der Waals surface area (Å²) >= 11 is 0. The van der Waals surface area contributed by atoms with E-state index in [0.29, 0.717) is 48.9 Å². The first kappa shape index (κ1) is 24.0. The molecule has 2 atom stereocenters. The predicted octanol–water partition coefficient (Wildman–Crippen LogP) is 5.51. The van der Waals surface area contributed by atoms with Crippen LogP contribution in [-0.4, -0.2) is 41.5 Å². The van der Waals surface area contributed by atoms with Gasteiger partial charge < -0.3 is 19.7 Å². The molecule has 0 saturated carbocycles. The Morgan fingerprint density at radius 3 is 2.53 bits per heavy atom. The molecule has 0 unspecified atom stereocenters. The van der Waals surface area contributed by atoms with E-state index in [1.165, 1.54) is 0 Å². The van der Waals surface area contributed by atoms with E-state index in [1.54, 1.807) is 6.20 Å². The Bertz CT molecular complexity index is 1550. The number of hydrogen-bond acceptors (Lipinski definition) is 5. The maximum atomic E-state index is 14.1. The smallest absolute Gasteiger partial charge is 0.254 e. The molecule has 192 valence electrons. The quantitative estimate of drug-likeness (QED) is 0.372. The number of anilines is 1. The zero-order chi connectivity index (χ0) is 26.2. The van der Waals surface area contributed by atoms with Crippen LogP contribution in [0.1, 0.15) is 52.9 Å². The van der Waals surface area contributed by atoms with Gasteiger partial charge in [0.2, 0.25) is 5.91 Å². The lowest BCUT2D eigenvalue weighted by atomic mass is 9.75. The van der Waals surface area contributed by atoms with Gasteiger partial charge in [0, 0.05) is 17.5 Å². The van der Waals surface area contributed by atoms with Gasteiger partial charge in [-0.2, -0.15) is 0 Å². The Hall–Kier alpha value is -4.39. The summed E-state index contributed by atoms with van der Waals surface area (Å²) in [6.07, 6.45) is 2.35. The molecule has 1 N–H and O–H groups in total. The molecule has 0 spiro atoms. The van der Waals surface area contributed by atoms with Crippen LogP contribution in [0.5, 0.6) is 11.5 Å². The van der Waals surface area contributed by atoms with Crippen molar-refractivity contribution < 1.29 is 19.1 Å². The van der Waals surface area contributed by atoms with E-state index in [2.05, 4.69) is 10.3 Å². The number of fused-ring (bicyclic) bond motifs is 5. The number of nitrogens with zero attached hydrogens (tertiary/aromatic N) is 2. The second-order valence-corrected chi connectivity index (χ2v) is 9.53. The summed E-state index contributed by atoms with van der Waals surface area (Å²) in [5.74, 6) is 0.463. The topological polar surface area (TPSA) is 80.8 Å². The van der Waals surface area contributed by atoms with Crippen LogP contribution in [0.15, 0.2) is 72.9 Å². The molecule has 2 aliphatic rings. The van der Waals surface area contributed by atoms with E-state index in [0.717, 1.165) is 27.6 Å². The number of carbonyl (C=O) groups is 2. The van der Waals surface area contributed by atoms with Gasteiger partial charge in [-0.15, -0.1) is 0 Å². The molecule has 38 heavy (non-hydrogen) atoms. The maximum absolute atomic E-state index is 14.1. The molecule has 0 saturated heterocycles. The number of pyridine rings is 1. The average molecular weight is 508 g/mol. The van der Waals surface area contributed by atoms with Crippen LogP contribution in [0.3, 0.4) is 0 Å². The second-order valence-electron chi connectivity index (χ2n) is 9.53.